The van der Waals surface area contributed by atoms with Gasteiger partial charge >= 0.3 is 6.09 Å². The number of rotatable bonds is 9. The first-order valence-corrected chi connectivity index (χ1v) is 15.1. The average Bonchev–Trinajstić information content (AvgIpc) is 3.65. The summed E-state index contributed by atoms with van der Waals surface area (Å²) >= 11 is 6.52. The third-order valence-corrected chi connectivity index (χ3v) is 8.20. The van der Waals surface area contributed by atoms with E-state index in [0.717, 1.165) is 34.2 Å². The number of hydrogen-bond donors (Lipinski definition) is 2. The number of nitrogens with one attached hydrogen (secondary N) is 2. The lowest BCUT2D eigenvalue weighted by molar-refractivity contribution is -0.141. The number of nitrogens with zero attached hydrogens (tertiary/aromatic N) is 1. The van der Waals surface area contributed by atoms with Crippen molar-refractivity contribution in [2.45, 2.75) is 85.0 Å². The van der Waals surface area contributed by atoms with Crippen LogP contribution < -0.4 is 10.6 Å². The second-order valence-electron chi connectivity index (χ2n) is 12.5. The summed E-state index contributed by atoms with van der Waals surface area (Å²) in [7, 11) is 0. The summed E-state index contributed by atoms with van der Waals surface area (Å²) in [6.07, 6.45) is 0.294. The Balaban J connectivity index is 1.80. The van der Waals surface area contributed by atoms with Crippen LogP contribution in [-0.4, -0.2) is 40.5 Å². The van der Waals surface area contributed by atoms with Crippen LogP contribution in [0.5, 0.6) is 0 Å². The fourth-order valence-corrected chi connectivity index (χ4v) is 5.59. The van der Waals surface area contributed by atoms with Crippen molar-refractivity contribution in [1.82, 2.24) is 10.2 Å². The highest BCUT2D eigenvalue weighted by Crippen LogP contribution is 2.42. The molecule has 0 aromatic heterocycles. The van der Waals surface area contributed by atoms with Crippen LogP contribution >= 0.6 is 11.6 Å². The van der Waals surface area contributed by atoms with E-state index in [-0.39, 0.29) is 30.2 Å². The summed E-state index contributed by atoms with van der Waals surface area (Å²) in [4.78, 5) is 43.8. The molecule has 2 N–H and O–H groups in total. The molecule has 7 nitrogen and oxygen atoms in total. The largest absolute Gasteiger partial charge is 0.444 e. The highest BCUT2D eigenvalue weighted by atomic mass is 35.5. The second-order valence-corrected chi connectivity index (χ2v) is 12.9. The Morgan fingerprint density at radius 1 is 0.953 bits per heavy atom. The topological polar surface area (TPSA) is 87.7 Å². The maximum atomic E-state index is 14.7. The van der Waals surface area contributed by atoms with Crippen molar-refractivity contribution >= 4 is 35.2 Å². The van der Waals surface area contributed by atoms with Crippen LogP contribution in [0.4, 0.5) is 10.5 Å². The van der Waals surface area contributed by atoms with Gasteiger partial charge in [0.2, 0.25) is 5.91 Å². The minimum atomic E-state index is -0.965. The molecule has 228 valence electrons. The number of aryl methyl sites for hydroxylation is 2. The standard InChI is InChI=1S/C35H42ClN3O4/c1-21-13-11-17-26(24(21)4)31(32(40)38-30-22(2)14-12-18-27(30)36)39(29-19-23(29)3)33(41)28(20-25-15-9-8-10-16-25)37-34(42)43-35(5,6)7/h8-18,23,28-29,31H,19-20H2,1-7H3,(H,37,42)(H,38,40). The number of carbonyl (C=O) groups excluding carboxylic acids is 3. The molecule has 0 heterocycles. The van der Waals surface area contributed by atoms with Crippen molar-refractivity contribution in [3.8, 4) is 0 Å². The van der Waals surface area contributed by atoms with Gasteiger partial charge in [-0.15, -0.1) is 0 Å². The SMILES string of the molecule is Cc1cccc(C(C(=O)Nc2c(C)cccc2Cl)N(C(=O)C(Cc2ccccc2)NC(=O)OC(C)(C)C)C2CC2C)c1C. The van der Waals surface area contributed by atoms with Crippen LogP contribution in [0.25, 0.3) is 0 Å². The van der Waals surface area contributed by atoms with E-state index in [2.05, 4.69) is 17.6 Å². The lowest BCUT2D eigenvalue weighted by Gasteiger charge is -2.36. The van der Waals surface area contributed by atoms with Gasteiger partial charge in [-0.2, -0.15) is 0 Å². The molecule has 43 heavy (non-hydrogen) atoms. The number of anilines is 1. The second kappa shape index (κ2) is 13.2. The van der Waals surface area contributed by atoms with Gasteiger partial charge in [0.1, 0.15) is 17.7 Å². The molecular formula is C35H42ClN3O4. The molecule has 0 saturated heterocycles. The third-order valence-electron chi connectivity index (χ3n) is 7.89. The summed E-state index contributed by atoms with van der Waals surface area (Å²) in [5, 5.41) is 6.29. The maximum Gasteiger partial charge on any atom is 0.408 e. The van der Waals surface area contributed by atoms with E-state index < -0.39 is 23.8 Å². The fourth-order valence-electron chi connectivity index (χ4n) is 5.32. The molecule has 3 aromatic carbocycles. The van der Waals surface area contributed by atoms with Crippen molar-refractivity contribution in [1.29, 1.82) is 0 Å². The predicted octanol–water partition coefficient (Wildman–Crippen LogP) is 7.32. The van der Waals surface area contributed by atoms with Gasteiger partial charge in [-0.3, -0.25) is 9.59 Å². The maximum absolute atomic E-state index is 14.7. The van der Waals surface area contributed by atoms with Gasteiger partial charge in [0.15, 0.2) is 0 Å². The average molecular weight is 604 g/mol. The van der Waals surface area contributed by atoms with Gasteiger partial charge in [0.25, 0.3) is 5.91 Å². The molecule has 3 aromatic rings. The number of benzene rings is 3. The molecule has 0 bridgehead atoms. The third kappa shape index (κ3) is 7.96. The molecular weight excluding hydrogens is 562 g/mol. The molecule has 4 rings (SSSR count). The van der Waals surface area contributed by atoms with Crippen molar-refractivity contribution in [3.05, 3.63) is 99.6 Å². The molecule has 0 spiro atoms. The van der Waals surface area contributed by atoms with Gasteiger partial charge in [-0.25, -0.2) is 4.79 Å². The fraction of sp³-hybridized carbons (Fsp3) is 0.400. The quantitative estimate of drug-likeness (QED) is 0.268. The molecule has 1 aliphatic carbocycles. The van der Waals surface area contributed by atoms with E-state index in [0.29, 0.717) is 10.7 Å². The first kappa shape index (κ1) is 32.1. The van der Waals surface area contributed by atoms with Crippen LogP contribution in [0, 0.1) is 26.7 Å². The molecule has 8 heteroatoms. The van der Waals surface area contributed by atoms with E-state index in [1.165, 1.54) is 0 Å². The van der Waals surface area contributed by atoms with E-state index in [9.17, 15) is 14.4 Å². The van der Waals surface area contributed by atoms with Crippen LogP contribution in [0.15, 0.2) is 66.7 Å². The monoisotopic (exact) mass is 603 g/mol. The summed E-state index contributed by atoms with van der Waals surface area (Å²) in [6, 6.07) is 18.6. The molecule has 3 amide bonds. The summed E-state index contributed by atoms with van der Waals surface area (Å²) in [5.41, 5.74) is 4.10. The normalized spacial score (nSPS) is 17.4. The van der Waals surface area contributed by atoms with Crippen LogP contribution in [0.2, 0.25) is 5.02 Å². The van der Waals surface area contributed by atoms with E-state index >= 15 is 0 Å². The van der Waals surface area contributed by atoms with Gasteiger partial charge < -0.3 is 20.3 Å². The molecule has 1 saturated carbocycles. The Bertz CT molecular complexity index is 1460. The highest BCUT2D eigenvalue weighted by molar-refractivity contribution is 6.34. The molecule has 0 radical (unpaired) electrons. The number of alkyl carbamates (subject to hydrolysis) is 1. The van der Waals surface area contributed by atoms with Crippen molar-refractivity contribution < 1.29 is 19.1 Å². The Labute approximate surface area is 260 Å². The van der Waals surface area contributed by atoms with Gasteiger partial charge in [0.05, 0.1) is 10.7 Å². The molecule has 4 unspecified atom stereocenters. The van der Waals surface area contributed by atoms with Crippen LogP contribution in [0.3, 0.4) is 0 Å². The Hall–Kier alpha value is -3.84. The first-order valence-electron chi connectivity index (χ1n) is 14.7. The van der Waals surface area contributed by atoms with E-state index in [4.69, 9.17) is 16.3 Å². The summed E-state index contributed by atoms with van der Waals surface area (Å²) in [5.74, 6) is -0.528. The Kier molecular flexibility index (Phi) is 9.86. The smallest absolute Gasteiger partial charge is 0.408 e. The molecule has 1 aliphatic rings. The van der Waals surface area contributed by atoms with Crippen molar-refractivity contribution in [2.75, 3.05) is 5.32 Å². The van der Waals surface area contributed by atoms with Gasteiger partial charge in [0, 0.05) is 12.5 Å². The van der Waals surface area contributed by atoms with Gasteiger partial charge in [-0.1, -0.05) is 79.2 Å². The van der Waals surface area contributed by atoms with Crippen LogP contribution in [0.1, 0.15) is 68.0 Å². The zero-order valence-electron chi connectivity index (χ0n) is 26.0. The number of ether oxygens (including phenoxy) is 1. The highest BCUT2D eigenvalue weighted by Gasteiger charge is 2.48. The van der Waals surface area contributed by atoms with Crippen molar-refractivity contribution in [3.63, 3.8) is 0 Å². The minimum Gasteiger partial charge on any atom is -0.444 e. The lowest BCUT2D eigenvalue weighted by Crippen LogP contribution is -2.54. The molecule has 4 atom stereocenters. The Morgan fingerprint density at radius 3 is 2.19 bits per heavy atom. The number of halogens is 1. The predicted molar refractivity (Wildman–Crippen MR) is 171 cm³/mol. The first-order chi connectivity index (χ1) is 20.3. The summed E-state index contributed by atoms with van der Waals surface area (Å²) in [6.45, 7) is 13.2. The van der Waals surface area contributed by atoms with Gasteiger partial charge in [-0.05, 0) is 87.8 Å². The Morgan fingerprint density at radius 2 is 1.58 bits per heavy atom. The number of hydrogen-bond acceptors (Lipinski definition) is 4. The molecule has 0 aliphatic heterocycles. The van der Waals surface area contributed by atoms with Crippen LogP contribution in [-0.2, 0) is 20.7 Å². The van der Waals surface area contributed by atoms with E-state index in [1.807, 2.05) is 81.4 Å². The number of para-hydroxylation sites is 1. The lowest BCUT2D eigenvalue weighted by atomic mass is 9.94. The number of amides is 3. The van der Waals surface area contributed by atoms with Crippen molar-refractivity contribution in [2.24, 2.45) is 5.92 Å². The zero-order valence-corrected chi connectivity index (χ0v) is 26.8. The zero-order chi connectivity index (χ0) is 31.5. The number of carbonyl (C=O) groups is 3. The molecule has 1 fully saturated rings. The minimum absolute atomic E-state index is 0.185. The van der Waals surface area contributed by atoms with E-state index in [1.54, 1.807) is 31.7 Å². The summed E-state index contributed by atoms with van der Waals surface area (Å²) < 4.78 is 5.55.